The molecule has 1 aromatic rings. The Balaban J connectivity index is 2.01. The summed E-state index contributed by atoms with van der Waals surface area (Å²) in [5.41, 5.74) is -1.81. The second-order valence-electron chi connectivity index (χ2n) is 12.6. The lowest BCUT2D eigenvalue weighted by Gasteiger charge is -2.48. The Bertz CT molecular complexity index is 968. The Morgan fingerprint density at radius 3 is 1.70 bits per heavy atom. The van der Waals surface area contributed by atoms with Gasteiger partial charge in [0.25, 0.3) is 0 Å². The fraction of sp³-hybridized carbons (Fsp3) is 0.679. The van der Waals surface area contributed by atoms with E-state index in [0.717, 1.165) is 5.56 Å². The second kappa shape index (κ2) is 10.7. The molecule has 6 atom stereocenters. The van der Waals surface area contributed by atoms with Gasteiger partial charge in [-0.25, -0.2) is 0 Å². The molecule has 0 N–H and O–H groups in total. The Morgan fingerprint density at radius 1 is 0.703 bits per heavy atom. The van der Waals surface area contributed by atoms with E-state index in [-0.39, 0.29) is 6.61 Å². The van der Waals surface area contributed by atoms with E-state index in [4.69, 9.17) is 28.4 Å². The number of hydrogen-bond acceptors (Lipinski definition) is 9. The molecule has 2 heterocycles. The molecule has 0 saturated carbocycles. The van der Waals surface area contributed by atoms with Crippen molar-refractivity contribution in [2.24, 2.45) is 16.2 Å². The SMILES string of the molecule is CC(C)(C)C(=O)O[C@@H]1O[C@@H]2COC(c3ccccc3)O[C@H]2[C@H](OC(=O)C(C)(C)C)[C@H]1OC(=O)C(C)(C)C. The quantitative estimate of drug-likeness (QED) is 0.423. The first kappa shape index (κ1) is 29.1. The van der Waals surface area contributed by atoms with Crippen LogP contribution < -0.4 is 0 Å². The minimum absolute atomic E-state index is 0.0807. The highest BCUT2D eigenvalue weighted by Crippen LogP contribution is 2.38. The normalized spacial score (nSPS) is 28.6. The molecule has 3 rings (SSSR count). The lowest BCUT2D eigenvalue weighted by atomic mass is 9.93. The van der Waals surface area contributed by atoms with Crippen LogP contribution in [0.5, 0.6) is 0 Å². The van der Waals surface area contributed by atoms with Gasteiger partial charge in [-0.2, -0.15) is 0 Å². The molecule has 1 aromatic carbocycles. The second-order valence-corrected chi connectivity index (χ2v) is 12.6. The fourth-order valence-corrected chi connectivity index (χ4v) is 3.56. The van der Waals surface area contributed by atoms with E-state index in [0.29, 0.717) is 0 Å². The summed E-state index contributed by atoms with van der Waals surface area (Å²) >= 11 is 0. The maximum absolute atomic E-state index is 13.1. The van der Waals surface area contributed by atoms with Gasteiger partial charge in [-0.1, -0.05) is 30.3 Å². The molecular formula is C28H40O9. The van der Waals surface area contributed by atoms with Crippen molar-refractivity contribution >= 4 is 17.9 Å². The van der Waals surface area contributed by atoms with Crippen molar-refractivity contribution in [2.45, 2.75) is 99.3 Å². The van der Waals surface area contributed by atoms with Gasteiger partial charge in [-0.3, -0.25) is 14.4 Å². The zero-order valence-corrected chi connectivity index (χ0v) is 23.2. The van der Waals surface area contributed by atoms with Gasteiger partial charge in [0.1, 0.15) is 12.2 Å². The van der Waals surface area contributed by atoms with E-state index in [1.165, 1.54) is 0 Å². The lowest BCUT2D eigenvalue weighted by molar-refractivity contribution is -0.359. The summed E-state index contributed by atoms with van der Waals surface area (Å²) in [7, 11) is 0. The maximum atomic E-state index is 13.1. The van der Waals surface area contributed by atoms with Crippen LogP contribution in [0.3, 0.4) is 0 Å². The highest BCUT2D eigenvalue weighted by Gasteiger charge is 2.56. The number of hydrogen-bond donors (Lipinski definition) is 0. The summed E-state index contributed by atoms with van der Waals surface area (Å²) in [6, 6.07) is 9.31. The minimum Gasteiger partial charge on any atom is -0.455 e. The van der Waals surface area contributed by atoms with Crippen LogP contribution in [0.2, 0.25) is 0 Å². The van der Waals surface area contributed by atoms with Gasteiger partial charge in [-0.15, -0.1) is 0 Å². The molecule has 0 bridgehead atoms. The third kappa shape index (κ3) is 7.09. The van der Waals surface area contributed by atoms with Crippen LogP contribution in [-0.4, -0.2) is 55.2 Å². The Labute approximate surface area is 219 Å². The number of esters is 3. The van der Waals surface area contributed by atoms with Gasteiger partial charge in [0, 0.05) is 5.56 Å². The van der Waals surface area contributed by atoms with Gasteiger partial charge >= 0.3 is 17.9 Å². The highest BCUT2D eigenvalue weighted by molar-refractivity contribution is 5.77. The van der Waals surface area contributed by atoms with E-state index in [9.17, 15) is 14.4 Å². The van der Waals surface area contributed by atoms with Crippen LogP contribution in [0.25, 0.3) is 0 Å². The number of rotatable bonds is 4. The fourth-order valence-electron chi connectivity index (χ4n) is 3.56. The van der Waals surface area contributed by atoms with Crippen molar-refractivity contribution in [1.82, 2.24) is 0 Å². The molecular weight excluding hydrogens is 480 g/mol. The first-order chi connectivity index (χ1) is 17.0. The average Bonchev–Trinajstić information content (AvgIpc) is 2.79. The maximum Gasteiger partial charge on any atom is 0.313 e. The van der Waals surface area contributed by atoms with E-state index in [1.54, 1.807) is 62.3 Å². The Hall–Kier alpha value is -2.49. The van der Waals surface area contributed by atoms with Crippen molar-refractivity contribution in [2.75, 3.05) is 6.61 Å². The zero-order chi connectivity index (χ0) is 27.8. The number of carbonyl (C=O) groups excluding carboxylic acids is 3. The van der Waals surface area contributed by atoms with Crippen molar-refractivity contribution in [3.05, 3.63) is 35.9 Å². The zero-order valence-electron chi connectivity index (χ0n) is 23.2. The minimum atomic E-state index is -1.34. The summed E-state index contributed by atoms with van der Waals surface area (Å²) in [5.74, 6) is -1.66. The third-order valence-corrected chi connectivity index (χ3v) is 5.90. The first-order valence-electron chi connectivity index (χ1n) is 12.6. The molecule has 0 spiro atoms. The monoisotopic (exact) mass is 520 g/mol. The van der Waals surface area contributed by atoms with E-state index in [2.05, 4.69) is 0 Å². The smallest absolute Gasteiger partial charge is 0.313 e. The molecule has 9 nitrogen and oxygen atoms in total. The van der Waals surface area contributed by atoms with Crippen LogP contribution in [0, 0.1) is 16.2 Å². The third-order valence-electron chi connectivity index (χ3n) is 5.90. The topological polar surface area (TPSA) is 107 Å². The lowest BCUT2D eigenvalue weighted by Crippen LogP contribution is -2.65. The van der Waals surface area contributed by atoms with Crippen molar-refractivity contribution in [1.29, 1.82) is 0 Å². The largest absolute Gasteiger partial charge is 0.455 e. The Kier molecular flexibility index (Phi) is 8.41. The molecule has 0 aromatic heterocycles. The molecule has 2 saturated heterocycles. The molecule has 206 valence electrons. The van der Waals surface area contributed by atoms with Crippen LogP contribution in [0.15, 0.2) is 30.3 Å². The number of ether oxygens (including phenoxy) is 6. The molecule has 0 radical (unpaired) electrons. The van der Waals surface area contributed by atoms with E-state index in [1.807, 2.05) is 30.3 Å². The van der Waals surface area contributed by atoms with Gasteiger partial charge in [0.2, 0.25) is 12.4 Å². The Morgan fingerprint density at radius 2 is 1.19 bits per heavy atom. The van der Waals surface area contributed by atoms with Crippen molar-refractivity contribution in [3.8, 4) is 0 Å². The first-order valence-corrected chi connectivity index (χ1v) is 12.6. The predicted octanol–water partition coefficient (Wildman–Crippen LogP) is 4.33. The van der Waals surface area contributed by atoms with Crippen LogP contribution >= 0.6 is 0 Å². The van der Waals surface area contributed by atoms with Crippen molar-refractivity contribution < 1.29 is 42.8 Å². The van der Waals surface area contributed by atoms with E-state index >= 15 is 0 Å². The molecule has 2 fully saturated rings. The van der Waals surface area contributed by atoms with E-state index < -0.39 is 71.1 Å². The number of benzene rings is 1. The summed E-state index contributed by atoms with van der Waals surface area (Å²) in [4.78, 5) is 38.9. The molecule has 2 aliphatic rings. The molecule has 37 heavy (non-hydrogen) atoms. The van der Waals surface area contributed by atoms with Gasteiger partial charge < -0.3 is 28.4 Å². The highest BCUT2D eigenvalue weighted by atomic mass is 16.8. The molecule has 0 amide bonds. The standard InChI is InChI=1S/C28H40O9/c1-26(2,3)23(29)35-19-18-17(15-32-21(34-18)16-13-11-10-12-14-16)33-22(37-25(31)28(7,8)9)20(19)36-24(30)27(4,5)6/h10-14,17-22H,15H2,1-9H3/t17-,18-,19+,20-,21?,22+/m1/s1. The summed E-state index contributed by atoms with van der Waals surface area (Å²) in [6.07, 6.45) is -6.08. The van der Waals surface area contributed by atoms with Gasteiger partial charge in [0.05, 0.1) is 22.9 Å². The molecule has 0 aliphatic carbocycles. The summed E-state index contributed by atoms with van der Waals surface area (Å²) in [6.45, 7) is 15.4. The molecule has 1 unspecified atom stereocenters. The molecule has 9 heteroatoms. The average molecular weight is 521 g/mol. The molecule has 2 aliphatic heterocycles. The van der Waals surface area contributed by atoms with Crippen molar-refractivity contribution in [3.63, 3.8) is 0 Å². The predicted molar refractivity (Wildman–Crippen MR) is 133 cm³/mol. The number of carbonyl (C=O) groups is 3. The van der Waals surface area contributed by atoms with Crippen LogP contribution in [-0.2, 0) is 42.8 Å². The van der Waals surface area contributed by atoms with Gasteiger partial charge in [0.15, 0.2) is 12.4 Å². The summed E-state index contributed by atoms with van der Waals surface area (Å²) < 4.78 is 35.8. The number of fused-ring (bicyclic) bond motifs is 1. The van der Waals surface area contributed by atoms with Gasteiger partial charge in [-0.05, 0) is 62.3 Å². The summed E-state index contributed by atoms with van der Waals surface area (Å²) in [5, 5.41) is 0. The van der Waals surface area contributed by atoms with Crippen LogP contribution in [0.1, 0.15) is 74.2 Å². The van der Waals surface area contributed by atoms with Crippen LogP contribution in [0.4, 0.5) is 0 Å².